The maximum atomic E-state index is 13.3. The summed E-state index contributed by atoms with van der Waals surface area (Å²) in [6, 6.07) is 7.82. The Bertz CT molecular complexity index is 1720. The molecule has 1 aliphatic rings. The van der Waals surface area contributed by atoms with Crippen LogP contribution >= 0.6 is 0 Å². The highest BCUT2D eigenvalue weighted by atomic mass is 19.1. The number of halogens is 1. The third-order valence-electron chi connectivity index (χ3n) is 7.32. The van der Waals surface area contributed by atoms with E-state index in [2.05, 4.69) is 42.2 Å². The maximum Gasteiger partial charge on any atom is 0.156 e. The molecular formula is C30H31FN8O2. The first kappa shape index (κ1) is 26.7. The van der Waals surface area contributed by atoms with Crippen LogP contribution in [-0.2, 0) is 12.1 Å². The van der Waals surface area contributed by atoms with Crippen LogP contribution in [-0.4, -0.2) is 63.3 Å². The fraction of sp³-hybridized carbons (Fsp3) is 0.300. The molecule has 41 heavy (non-hydrogen) atoms. The molecule has 6 rings (SSSR count). The number of nitrogens with zero attached hydrogens (tertiary/aromatic N) is 8. The summed E-state index contributed by atoms with van der Waals surface area (Å²) >= 11 is 0. The largest absolute Gasteiger partial charge is 0.389 e. The molecule has 1 aromatic carbocycles. The zero-order chi connectivity index (χ0) is 28.8. The van der Waals surface area contributed by atoms with Crippen LogP contribution in [0.5, 0.6) is 0 Å². The Morgan fingerprint density at radius 1 is 0.902 bits per heavy atom. The van der Waals surface area contributed by atoms with Crippen LogP contribution in [0.1, 0.15) is 44.1 Å². The first-order valence-electron chi connectivity index (χ1n) is 13.4. The van der Waals surface area contributed by atoms with Crippen molar-refractivity contribution in [2.75, 3.05) is 18.0 Å². The summed E-state index contributed by atoms with van der Waals surface area (Å²) in [6.07, 6.45) is 13.3. The Morgan fingerprint density at radius 3 is 2.34 bits per heavy atom. The van der Waals surface area contributed by atoms with E-state index in [-0.39, 0.29) is 5.82 Å². The van der Waals surface area contributed by atoms with Crippen LogP contribution in [0.15, 0.2) is 73.7 Å². The molecule has 5 heterocycles. The molecule has 1 atom stereocenters. The lowest BCUT2D eigenvalue weighted by molar-refractivity contribution is 0.0577. The average Bonchev–Trinajstić information content (AvgIpc) is 3.59. The van der Waals surface area contributed by atoms with Crippen LogP contribution in [0.3, 0.4) is 0 Å². The van der Waals surface area contributed by atoms with Crippen molar-refractivity contribution in [1.29, 1.82) is 0 Å². The quantitative estimate of drug-likeness (QED) is 0.312. The van der Waals surface area contributed by atoms with Gasteiger partial charge < -0.3 is 15.1 Å². The molecule has 0 fully saturated rings. The average molecular weight is 555 g/mol. The number of hydrogen-bond donors (Lipinski definition) is 2. The molecule has 4 aromatic heterocycles. The molecule has 210 valence electrons. The fourth-order valence-electron chi connectivity index (χ4n) is 5.06. The molecule has 2 N–H and O–H groups in total. The molecule has 11 heteroatoms. The van der Waals surface area contributed by atoms with Gasteiger partial charge in [0.25, 0.3) is 0 Å². The number of anilines is 1. The van der Waals surface area contributed by atoms with Crippen molar-refractivity contribution in [2.45, 2.75) is 44.9 Å². The number of hydrogen-bond acceptors (Lipinski definition) is 8. The number of fused-ring (bicyclic) bond motifs is 1. The lowest BCUT2D eigenvalue weighted by Crippen LogP contribution is -2.30. The van der Waals surface area contributed by atoms with E-state index in [0.29, 0.717) is 30.0 Å². The van der Waals surface area contributed by atoms with Crippen molar-refractivity contribution in [1.82, 2.24) is 34.3 Å². The van der Waals surface area contributed by atoms with Crippen molar-refractivity contribution in [3.05, 3.63) is 96.5 Å². The lowest BCUT2D eigenvalue weighted by Gasteiger charge is -2.27. The maximum absolute atomic E-state index is 13.3. The molecule has 0 saturated carbocycles. The van der Waals surface area contributed by atoms with Gasteiger partial charge in [-0.15, -0.1) is 0 Å². The Kier molecular flexibility index (Phi) is 6.63. The number of benzene rings is 1. The molecule has 0 amide bonds. The van der Waals surface area contributed by atoms with Gasteiger partial charge in [0.05, 0.1) is 18.3 Å². The van der Waals surface area contributed by atoms with E-state index in [1.807, 2.05) is 16.9 Å². The second kappa shape index (κ2) is 10.2. The minimum absolute atomic E-state index is 0.357. The first-order valence-corrected chi connectivity index (χ1v) is 13.4. The van der Waals surface area contributed by atoms with Gasteiger partial charge >= 0.3 is 0 Å². The molecular weight excluding hydrogens is 523 g/mol. The normalized spacial score (nSPS) is 15.7. The Morgan fingerprint density at radius 2 is 1.66 bits per heavy atom. The summed E-state index contributed by atoms with van der Waals surface area (Å²) in [4.78, 5) is 15.9. The Labute approximate surface area is 236 Å². The van der Waals surface area contributed by atoms with Crippen molar-refractivity contribution < 1.29 is 14.6 Å². The zero-order valence-electron chi connectivity index (χ0n) is 23.1. The molecule has 5 aromatic rings. The second-order valence-electron chi connectivity index (χ2n) is 11.2. The summed E-state index contributed by atoms with van der Waals surface area (Å²) in [6.45, 7) is 6.90. The predicted molar refractivity (Wildman–Crippen MR) is 152 cm³/mol. The minimum Gasteiger partial charge on any atom is -0.389 e. The summed E-state index contributed by atoms with van der Waals surface area (Å²) in [5, 5.41) is 30.0. The third-order valence-corrected chi connectivity index (χ3v) is 7.32. The van der Waals surface area contributed by atoms with Gasteiger partial charge in [0, 0.05) is 54.6 Å². The summed E-state index contributed by atoms with van der Waals surface area (Å²) in [7, 11) is 0. The van der Waals surface area contributed by atoms with Gasteiger partial charge in [-0.3, -0.25) is 4.68 Å². The highest BCUT2D eigenvalue weighted by Gasteiger charge is 2.27. The zero-order valence-corrected chi connectivity index (χ0v) is 23.1. The molecule has 0 spiro atoms. The van der Waals surface area contributed by atoms with Gasteiger partial charge in [0.2, 0.25) is 0 Å². The molecule has 0 radical (unpaired) electrons. The van der Waals surface area contributed by atoms with E-state index >= 15 is 0 Å². The third kappa shape index (κ3) is 5.46. The summed E-state index contributed by atoms with van der Waals surface area (Å²) in [5.74, 6) is 1.09. The number of aliphatic hydroxyl groups is 2. The monoisotopic (exact) mass is 554 g/mol. The molecule has 0 bridgehead atoms. The smallest absolute Gasteiger partial charge is 0.156 e. The van der Waals surface area contributed by atoms with Crippen molar-refractivity contribution in [3.8, 4) is 11.1 Å². The van der Waals surface area contributed by atoms with Crippen molar-refractivity contribution in [2.24, 2.45) is 0 Å². The molecule has 1 aliphatic heterocycles. The lowest BCUT2D eigenvalue weighted by atomic mass is 9.90. The Balaban J connectivity index is 1.19. The van der Waals surface area contributed by atoms with Crippen molar-refractivity contribution >= 4 is 16.9 Å². The minimum atomic E-state index is -1.34. The fourth-order valence-corrected chi connectivity index (χ4v) is 5.06. The standard InChI is InChI=1S/C30H31FN8O2/c1-29(2,40)18-38-16-22(13-35-38)21-12-26-28(34-19-36-39(26)17-21)37-10-8-20(9-11-37)27-32-14-24(15-33-27)30(3,41)23-4-6-25(31)7-5-23/h4-8,12-17,19,40-41H,9-11,18H2,1-3H3. The van der Waals surface area contributed by atoms with E-state index in [1.165, 1.54) is 12.1 Å². The SMILES string of the molecule is CC(C)(O)Cn1cc(-c2cc3c(N4CC=C(c5ncc(C(C)(O)c6ccc(F)cc6)cn5)CC4)ncnn3c2)cn1. The van der Waals surface area contributed by atoms with Crippen LogP contribution in [0, 0.1) is 5.82 Å². The Hall–Kier alpha value is -4.48. The topological polar surface area (TPSA) is 117 Å². The van der Waals surface area contributed by atoms with Gasteiger partial charge in [-0.05, 0) is 56.5 Å². The van der Waals surface area contributed by atoms with E-state index < -0.39 is 11.2 Å². The van der Waals surface area contributed by atoms with Crippen LogP contribution in [0.25, 0.3) is 22.2 Å². The van der Waals surface area contributed by atoms with Gasteiger partial charge in [-0.25, -0.2) is 23.9 Å². The van der Waals surface area contributed by atoms with Gasteiger partial charge in [-0.2, -0.15) is 10.2 Å². The number of rotatable bonds is 7. The highest BCUT2D eigenvalue weighted by Crippen LogP contribution is 2.31. The number of aromatic nitrogens is 7. The second-order valence-corrected chi connectivity index (χ2v) is 11.2. The van der Waals surface area contributed by atoms with Crippen LogP contribution in [0.2, 0.25) is 0 Å². The van der Waals surface area contributed by atoms with Crippen molar-refractivity contribution in [3.63, 3.8) is 0 Å². The molecule has 10 nitrogen and oxygen atoms in total. The van der Waals surface area contributed by atoms with E-state index in [4.69, 9.17) is 0 Å². The van der Waals surface area contributed by atoms with E-state index in [0.717, 1.165) is 41.0 Å². The molecule has 0 aliphatic carbocycles. The highest BCUT2D eigenvalue weighted by molar-refractivity contribution is 5.78. The van der Waals surface area contributed by atoms with Gasteiger partial charge in [0.15, 0.2) is 11.6 Å². The first-order chi connectivity index (χ1) is 19.6. The van der Waals surface area contributed by atoms with E-state index in [9.17, 15) is 14.6 Å². The molecule has 0 saturated heterocycles. The van der Waals surface area contributed by atoms with E-state index in [1.54, 1.807) is 62.5 Å². The summed E-state index contributed by atoms with van der Waals surface area (Å²) < 4.78 is 16.9. The summed E-state index contributed by atoms with van der Waals surface area (Å²) in [5.41, 5.74) is 2.71. The van der Waals surface area contributed by atoms with Crippen LogP contribution in [0.4, 0.5) is 10.2 Å². The molecule has 1 unspecified atom stereocenters. The van der Waals surface area contributed by atoms with Crippen LogP contribution < -0.4 is 4.90 Å². The van der Waals surface area contributed by atoms with Gasteiger partial charge in [-0.1, -0.05) is 18.2 Å². The van der Waals surface area contributed by atoms with Gasteiger partial charge in [0.1, 0.15) is 23.3 Å². The predicted octanol–water partition coefficient (Wildman–Crippen LogP) is 3.84.